The molecule has 0 aliphatic rings. The molecule has 0 atom stereocenters. The predicted octanol–water partition coefficient (Wildman–Crippen LogP) is 2.87. The molecular weight excluding hydrogens is 318 g/mol. The zero-order valence-corrected chi connectivity index (χ0v) is 13.0. The van der Waals surface area contributed by atoms with Crippen LogP contribution in [0.25, 0.3) is 0 Å². The molecule has 0 aliphatic carbocycles. The summed E-state index contributed by atoms with van der Waals surface area (Å²) in [6.45, 7) is 1.87. The second-order valence-electron chi connectivity index (χ2n) is 4.53. The first kappa shape index (κ1) is 14.5. The zero-order chi connectivity index (χ0) is 14.5. The summed E-state index contributed by atoms with van der Waals surface area (Å²) in [4.78, 5) is 11.8. The maximum atomic E-state index is 11.8. The molecule has 1 aromatic carbocycles. The van der Waals surface area contributed by atoms with Crippen LogP contribution in [0.3, 0.4) is 0 Å². The number of nitrogens with one attached hydrogen (secondary N) is 1. The van der Waals surface area contributed by atoms with E-state index in [-0.39, 0.29) is 5.91 Å². The van der Waals surface area contributed by atoms with Gasteiger partial charge in [-0.15, -0.1) is 0 Å². The lowest BCUT2D eigenvalue weighted by atomic mass is 10.1. The average Bonchev–Trinajstić information content (AvgIpc) is 2.82. The first-order valence-corrected chi connectivity index (χ1v) is 7.05. The molecule has 0 radical (unpaired) electrons. The standard InChI is InChI=1S/C15H16BrN3O/c1-11(12-5-7-13(16)8-6-12)17-18-15(20)10-14-4-3-9-19(14)2/h3-9H,10H2,1-2H3,(H,18,20)/b17-11+. The Morgan fingerprint density at radius 3 is 2.60 bits per heavy atom. The minimum absolute atomic E-state index is 0.122. The molecule has 0 unspecified atom stereocenters. The molecule has 1 heterocycles. The van der Waals surface area contributed by atoms with Gasteiger partial charge in [0.25, 0.3) is 0 Å². The molecule has 0 spiro atoms. The van der Waals surface area contributed by atoms with Crippen molar-refractivity contribution in [3.05, 3.63) is 58.3 Å². The second-order valence-corrected chi connectivity index (χ2v) is 5.44. The van der Waals surface area contributed by atoms with Crippen molar-refractivity contribution in [2.75, 3.05) is 0 Å². The number of hydrazone groups is 1. The Morgan fingerprint density at radius 2 is 2.00 bits per heavy atom. The molecule has 0 saturated heterocycles. The lowest BCUT2D eigenvalue weighted by molar-refractivity contribution is -0.120. The number of rotatable bonds is 4. The van der Waals surface area contributed by atoms with Crippen molar-refractivity contribution < 1.29 is 4.79 Å². The number of amides is 1. The van der Waals surface area contributed by atoms with E-state index < -0.39 is 0 Å². The highest BCUT2D eigenvalue weighted by molar-refractivity contribution is 9.10. The topological polar surface area (TPSA) is 46.4 Å². The number of halogens is 1. The fourth-order valence-corrected chi connectivity index (χ4v) is 2.05. The number of hydrogen-bond donors (Lipinski definition) is 1. The predicted molar refractivity (Wildman–Crippen MR) is 83.6 cm³/mol. The average molecular weight is 334 g/mol. The Morgan fingerprint density at radius 1 is 1.30 bits per heavy atom. The summed E-state index contributed by atoms with van der Waals surface area (Å²) in [6.07, 6.45) is 2.24. The third kappa shape index (κ3) is 3.81. The fourth-order valence-electron chi connectivity index (χ4n) is 1.79. The van der Waals surface area contributed by atoms with Crippen molar-refractivity contribution in [2.45, 2.75) is 13.3 Å². The molecule has 0 bridgehead atoms. The molecule has 0 aliphatic heterocycles. The third-order valence-electron chi connectivity index (χ3n) is 3.00. The number of aromatic nitrogens is 1. The monoisotopic (exact) mass is 333 g/mol. The molecule has 4 nitrogen and oxygen atoms in total. The van der Waals surface area contributed by atoms with E-state index >= 15 is 0 Å². The van der Waals surface area contributed by atoms with Crippen LogP contribution < -0.4 is 5.43 Å². The van der Waals surface area contributed by atoms with Crippen molar-refractivity contribution in [1.29, 1.82) is 0 Å². The Hall–Kier alpha value is -1.88. The van der Waals surface area contributed by atoms with Gasteiger partial charge in [0.05, 0.1) is 12.1 Å². The number of hydrogen-bond acceptors (Lipinski definition) is 2. The summed E-state index contributed by atoms with van der Waals surface area (Å²) in [5.41, 5.74) is 5.30. The fraction of sp³-hybridized carbons (Fsp3) is 0.200. The minimum Gasteiger partial charge on any atom is -0.354 e. The van der Waals surface area contributed by atoms with Gasteiger partial charge in [-0.2, -0.15) is 5.10 Å². The van der Waals surface area contributed by atoms with Gasteiger partial charge < -0.3 is 4.57 Å². The highest BCUT2D eigenvalue weighted by Gasteiger charge is 2.05. The maximum absolute atomic E-state index is 11.8. The molecule has 104 valence electrons. The Labute approximate surface area is 126 Å². The molecule has 5 heteroatoms. The summed E-state index contributed by atoms with van der Waals surface area (Å²) >= 11 is 3.38. The molecule has 2 rings (SSSR count). The number of aryl methyl sites for hydroxylation is 1. The van der Waals surface area contributed by atoms with Gasteiger partial charge in [0, 0.05) is 23.4 Å². The Balaban J connectivity index is 1.96. The molecule has 20 heavy (non-hydrogen) atoms. The van der Waals surface area contributed by atoms with Crippen molar-refractivity contribution in [3.8, 4) is 0 Å². The van der Waals surface area contributed by atoms with Crippen molar-refractivity contribution >= 4 is 27.5 Å². The highest BCUT2D eigenvalue weighted by atomic mass is 79.9. The van der Waals surface area contributed by atoms with Gasteiger partial charge in [0.15, 0.2) is 0 Å². The summed E-state index contributed by atoms with van der Waals surface area (Å²) in [7, 11) is 1.92. The van der Waals surface area contributed by atoms with Crippen molar-refractivity contribution in [3.63, 3.8) is 0 Å². The molecule has 1 aromatic heterocycles. The van der Waals surface area contributed by atoms with Crippen LogP contribution in [-0.2, 0) is 18.3 Å². The summed E-state index contributed by atoms with van der Waals surface area (Å²) < 4.78 is 2.94. The van der Waals surface area contributed by atoms with Gasteiger partial charge in [0.2, 0.25) is 5.91 Å². The quantitative estimate of drug-likeness (QED) is 0.678. The van der Waals surface area contributed by atoms with Crippen molar-refractivity contribution in [2.24, 2.45) is 12.1 Å². The molecule has 0 fully saturated rings. The van der Waals surface area contributed by atoms with Gasteiger partial charge in [-0.25, -0.2) is 5.43 Å². The van der Waals surface area contributed by atoms with E-state index in [2.05, 4.69) is 26.5 Å². The SMILES string of the molecule is C/C(=N\NC(=O)Cc1cccn1C)c1ccc(Br)cc1. The largest absolute Gasteiger partial charge is 0.354 e. The van der Waals surface area contributed by atoms with Crippen LogP contribution in [0.1, 0.15) is 18.2 Å². The van der Waals surface area contributed by atoms with Crippen LogP contribution >= 0.6 is 15.9 Å². The first-order chi connectivity index (χ1) is 9.56. The van der Waals surface area contributed by atoms with E-state index in [4.69, 9.17) is 0 Å². The van der Waals surface area contributed by atoms with E-state index in [1.807, 2.05) is 61.1 Å². The van der Waals surface area contributed by atoms with E-state index in [0.717, 1.165) is 21.4 Å². The van der Waals surface area contributed by atoms with E-state index in [1.165, 1.54) is 0 Å². The summed E-state index contributed by atoms with van der Waals surface area (Å²) in [6, 6.07) is 11.6. The number of benzene rings is 1. The summed E-state index contributed by atoms with van der Waals surface area (Å²) in [5.74, 6) is -0.122. The van der Waals surface area contributed by atoms with Crippen LogP contribution in [0, 0.1) is 0 Å². The van der Waals surface area contributed by atoms with E-state index in [1.54, 1.807) is 0 Å². The van der Waals surface area contributed by atoms with Gasteiger partial charge >= 0.3 is 0 Å². The van der Waals surface area contributed by atoms with Crippen LogP contribution in [0.2, 0.25) is 0 Å². The van der Waals surface area contributed by atoms with E-state index in [0.29, 0.717) is 6.42 Å². The van der Waals surface area contributed by atoms with Crippen LogP contribution in [0.5, 0.6) is 0 Å². The molecule has 1 amide bonds. The van der Waals surface area contributed by atoms with Crippen LogP contribution in [0.15, 0.2) is 52.2 Å². The van der Waals surface area contributed by atoms with Gasteiger partial charge in [-0.05, 0) is 36.8 Å². The highest BCUT2D eigenvalue weighted by Crippen LogP contribution is 2.11. The minimum atomic E-state index is -0.122. The molecule has 1 N–H and O–H groups in total. The molecule has 0 saturated carbocycles. The molecule has 2 aromatic rings. The zero-order valence-electron chi connectivity index (χ0n) is 11.4. The lowest BCUT2D eigenvalue weighted by Gasteiger charge is -2.04. The van der Waals surface area contributed by atoms with E-state index in [9.17, 15) is 4.79 Å². The van der Waals surface area contributed by atoms with Gasteiger partial charge in [-0.3, -0.25) is 4.79 Å². The smallest absolute Gasteiger partial charge is 0.246 e. The van der Waals surface area contributed by atoms with Crippen LogP contribution in [-0.4, -0.2) is 16.2 Å². The third-order valence-corrected chi connectivity index (χ3v) is 3.53. The van der Waals surface area contributed by atoms with Gasteiger partial charge in [-0.1, -0.05) is 28.1 Å². The van der Waals surface area contributed by atoms with Crippen LogP contribution in [0.4, 0.5) is 0 Å². The Kier molecular flexibility index (Phi) is 4.74. The van der Waals surface area contributed by atoms with Crippen molar-refractivity contribution in [1.82, 2.24) is 9.99 Å². The Bertz CT molecular complexity index is 629. The lowest BCUT2D eigenvalue weighted by Crippen LogP contribution is -2.22. The maximum Gasteiger partial charge on any atom is 0.246 e. The number of nitrogens with zero attached hydrogens (tertiary/aromatic N) is 2. The van der Waals surface area contributed by atoms with Gasteiger partial charge in [0.1, 0.15) is 0 Å². The summed E-state index contributed by atoms with van der Waals surface area (Å²) in [5, 5.41) is 4.13. The first-order valence-electron chi connectivity index (χ1n) is 6.25. The normalized spacial score (nSPS) is 11.4. The number of carbonyl (C=O) groups is 1. The second kappa shape index (κ2) is 6.52. The number of carbonyl (C=O) groups excluding carboxylic acids is 1. The molecular formula is C15H16BrN3O.